The van der Waals surface area contributed by atoms with Gasteiger partial charge in [0.2, 0.25) is 5.76 Å². The molecule has 25 heavy (non-hydrogen) atoms. The molecule has 0 unspecified atom stereocenters. The molecule has 0 saturated carbocycles. The van der Waals surface area contributed by atoms with Crippen molar-refractivity contribution in [3.05, 3.63) is 72.0 Å². The van der Waals surface area contributed by atoms with E-state index in [-0.39, 0.29) is 5.69 Å². The molecule has 0 atom stereocenters. The standard InChI is InChI=1S/C18H14F3NO3/c1-24-16(23)15(12-13-8-4-2-5-9-13)25-17(18(19,20)21)22-14-10-6-3-7-11-14/h2-12H,1H3/b15-12+,22-17?. The molecule has 7 heteroatoms. The van der Waals surface area contributed by atoms with Gasteiger partial charge in [0.25, 0.3) is 0 Å². The average molecular weight is 349 g/mol. The average Bonchev–Trinajstić information content (AvgIpc) is 2.60. The van der Waals surface area contributed by atoms with Gasteiger partial charge in [0.15, 0.2) is 0 Å². The lowest BCUT2D eigenvalue weighted by molar-refractivity contribution is -0.139. The number of hydrogen-bond acceptors (Lipinski definition) is 4. The van der Waals surface area contributed by atoms with Crippen molar-refractivity contribution in [1.29, 1.82) is 0 Å². The van der Waals surface area contributed by atoms with E-state index in [4.69, 9.17) is 4.74 Å². The highest BCUT2D eigenvalue weighted by atomic mass is 19.4. The van der Waals surface area contributed by atoms with Crippen LogP contribution >= 0.6 is 0 Å². The molecule has 0 aliphatic carbocycles. The van der Waals surface area contributed by atoms with E-state index in [2.05, 4.69) is 9.73 Å². The smallest absolute Gasteiger partial charge is 0.463 e. The second-order valence-corrected chi connectivity index (χ2v) is 4.76. The number of hydrogen-bond donors (Lipinski definition) is 0. The van der Waals surface area contributed by atoms with Crippen LogP contribution in [0.4, 0.5) is 18.9 Å². The molecule has 0 radical (unpaired) electrons. The third-order valence-electron chi connectivity index (χ3n) is 2.92. The second-order valence-electron chi connectivity index (χ2n) is 4.76. The van der Waals surface area contributed by atoms with Crippen LogP contribution in [0.5, 0.6) is 0 Å². The van der Waals surface area contributed by atoms with Crippen molar-refractivity contribution >= 4 is 23.6 Å². The first-order chi connectivity index (χ1) is 11.9. The third-order valence-corrected chi connectivity index (χ3v) is 2.92. The summed E-state index contributed by atoms with van der Waals surface area (Å²) in [5, 5.41) is 0. The minimum atomic E-state index is -4.89. The molecule has 0 aliphatic rings. The Labute approximate surface area is 142 Å². The van der Waals surface area contributed by atoms with E-state index < -0.39 is 23.8 Å². The maximum absolute atomic E-state index is 13.2. The maximum Gasteiger partial charge on any atom is 0.468 e. The molecular weight excluding hydrogens is 335 g/mol. The molecule has 2 aromatic carbocycles. The molecule has 0 amide bonds. The zero-order valence-corrected chi connectivity index (χ0v) is 13.2. The van der Waals surface area contributed by atoms with E-state index in [0.717, 1.165) is 13.2 Å². The molecule has 0 fully saturated rings. The molecule has 0 N–H and O–H groups in total. The van der Waals surface area contributed by atoms with Gasteiger partial charge in [-0.1, -0.05) is 48.5 Å². The van der Waals surface area contributed by atoms with Gasteiger partial charge in [-0.25, -0.2) is 9.79 Å². The first kappa shape index (κ1) is 18.3. The van der Waals surface area contributed by atoms with Gasteiger partial charge in [0.05, 0.1) is 12.8 Å². The Balaban J connectivity index is 2.41. The molecule has 0 saturated heterocycles. The van der Waals surface area contributed by atoms with E-state index in [9.17, 15) is 18.0 Å². The lowest BCUT2D eigenvalue weighted by atomic mass is 10.2. The SMILES string of the molecule is COC(=O)/C(=C\c1ccccc1)OC(=Nc1ccccc1)C(F)(F)F. The summed E-state index contributed by atoms with van der Waals surface area (Å²) in [5.74, 6) is -3.24. The van der Waals surface area contributed by atoms with Crippen LogP contribution in [0.25, 0.3) is 6.08 Å². The molecule has 4 nitrogen and oxygen atoms in total. The number of para-hydroxylation sites is 1. The first-order valence-electron chi connectivity index (χ1n) is 7.14. The van der Waals surface area contributed by atoms with Crippen LogP contribution in [0.2, 0.25) is 0 Å². The summed E-state index contributed by atoms with van der Waals surface area (Å²) >= 11 is 0. The maximum atomic E-state index is 13.2. The lowest BCUT2D eigenvalue weighted by Crippen LogP contribution is -2.27. The van der Waals surface area contributed by atoms with Crippen molar-refractivity contribution in [2.75, 3.05) is 7.11 Å². The molecule has 130 valence electrons. The molecule has 0 spiro atoms. The number of nitrogens with zero attached hydrogens (tertiary/aromatic N) is 1. The van der Waals surface area contributed by atoms with E-state index in [0.29, 0.717) is 5.56 Å². The van der Waals surface area contributed by atoms with E-state index in [1.54, 1.807) is 36.4 Å². The summed E-state index contributed by atoms with van der Waals surface area (Å²) < 4.78 is 49.0. The molecule has 0 aromatic heterocycles. The van der Waals surface area contributed by atoms with Gasteiger partial charge >= 0.3 is 18.0 Å². The highest BCUT2D eigenvalue weighted by molar-refractivity contribution is 5.96. The number of ether oxygens (including phenoxy) is 2. The largest absolute Gasteiger partial charge is 0.468 e. The van der Waals surface area contributed by atoms with Crippen LogP contribution in [0, 0.1) is 0 Å². The monoisotopic (exact) mass is 349 g/mol. The predicted octanol–water partition coefficient (Wildman–Crippen LogP) is 4.51. The number of rotatable bonds is 4. The van der Waals surface area contributed by atoms with Crippen molar-refractivity contribution in [2.45, 2.75) is 6.18 Å². The Bertz CT molecular complexity index is 769. The molecule has 0 heterocycles. The summed E-state index contributed by atoms with van der Waals surface area (Å²) in [6.07, 6.45) is -3.74. The number of halogens is 3. The zero-order valence-electron chi connectivity index (χ0n) is 13.2. The molecule has 2 rings (SSSR count). The van der Waals surface area contributed by atoms with Gasteiger partial charge < -0.3 is 9.47 Å². The van der Waals surface area contributed by atoms with Crippen LogP contribution in [-0.4, -0.2) is 25.2 Å². The van der Waals surface area contributed by atoms with Crippen molar-refractivity contribution < 1.29 is 27.4 Å². The number of aliphatic imine (C=N–C) groups is 1. The normalized spacial score (nSPS) is 12.6. The van der Waals surface area contributed by atoms with Gasteiger partial charge in [0.1, 0.15) is 0 Å². The van der Waals surface area contributed by atoms with Crippen molar-refractivity contribution in [1.82, 2.24) is 0 Å². The van der Waals surface area contributed by atoms with Crippen LogP contribution in [0.1, 0.15) is 5.56 Å². The first-order valence-corrected chi connectivity index (χ1v) is 7.14. The van der Waals surface area contributed by atoms with Gasteiger partial charge in [0, 0.05) is 0 Å². The Morgan fingerprint density at radius 3 is 2.08 bits per heavy atom. The van der Waals surface area contributed by atoms with Gasteiger partial charge in [-0.2, -0.15) is 13.2 Å². The topological polar surface area (TPSA) is 47.9 Å². The van der Waals surface area contributed by atoms with Crippen LogP contribution < -0.4 is 0 Å². The van der Waals surface area contributed by atoms with E-state index in [1.165, 1.54) is 24.3 Å². The fourth-order valence-electron chi connectivity index (χ4n) is 1.80. The van der Waals surface area contributed by atoms with E-state index >= 15 is 0 Å². The van der Waals surface area contributed by atoms with Gasteiger partial charge in [-0.3, -0.25) is 0 Å². The van der Waals surface area contributed by atoms with Gasteiger partial charge in [-0.05, 0) is 23.8 Å². The highest BCUT2D eigenvalue weighted by Gasteiger charge is 2.40. The molecule has 2 aromatic rings. The fraction of sp³-hybridized carbons (Fsp3) is 0.111. The van der Waals surface area contributed by atoms with Crippen molar-refractivity contribution in [2.24, 2.45) is 4.99 Å². The summed E-state index contributed by atoms with van der Waals surface area (Å²) in [4.78, 5) is 15.2. The highest BCUT2D eigenvalue weighted by Crippen LogP contribution is 2.25. The van der Waals surface area contributed by atoms with Gasteiger partial charge in [-0.15, -0.1) is 0 Å². The number of methoxy groups -OCH3 is 1. The second kappa shape index (κ2) is 8.14. The van der Waals surface area contributed by atoms with Crippen LogP contribution in [0.3, 0.4) is 0 Å². The predicted molar refractivity (Wildman–Crippen MR) is 87.1 cm³/mol. The number of carbonyl (C=O) groups excluding carboxylic acids is 1. The summed E-state index contributed by atoms with van der Waals surface area (Å²) in [7, 11) is 1.05. The van der Waals surface area contributed by atoms with Crippen LogP contribution in [0.15, 0.2) is 71.4 Å². The minimum Gasteiger partial charge on any atom is -0.463 e. The molecular formula is C18H14F3NO3. The number of carbonyl (C=O) groups is 1. The quantitative estimate of drug-likeness (QED) is 0.268. The molecule has 0 bridgehead atoms. The van der Waals surface area contributed by atoms with Crippen LogP contribution in [-0.2, 0) is 14.3 Å². The number of alkyl halides is 3. The minimum absolute atomic E-state index is 0.0405. The summed E-state index contributed by atoms with van der Waals surface area (Å²) in [6.45, 7) is 0. The van der Waals surface area contributed by atoms with Crippen molar-refractivity contribution in [3.8, 4) is 0 Å². The Kier molecular flexibility index (Phi) is 5.94. The zero-order chi connectivity index (χ0) is 18.3. The Morgan fingerprint density at radius 2 is 1.56 bits per heavy atom. The van der Waals surface area contributed by atoms with Crippen molar-refractivity contribution in [3.63, 3.8) is 0 Å². The van der Waals surface area contributed by atoms with E-state index in [1.807, 2.05) is 0 Å². The fourth-order valence-corrected chi connectivity index (χ4v) is 1.80. The summed E-state index contributed by atoms with van der Waals surface area (Å²) in [5.41, 5.74) is 0.517. The number of esters is 1. The Hall–Kier alpha value is -3.09. The number of benzene rings is 2. The molecule has 0 aliphatic heterocycles. The lowest BCUT2D eigenvalue weighted by Gasteiger charge is -2.13. The summed E-state index contributed by atoms with van der Waals surface area (Å²) in [6, 6.07) is 15.8. The Morgan fingerprint density at radius 1 is 1.00 bits per heavy atom. The third kappa shape index (κ3) is 5.49.